The van der Waals surface area contributed by atoms with Crippen LogP contribution in [-0.2, 0) is 4.74 Å². The number of carbonyl (C=O) groups is 1. The van der Waals surface area contributed by atoms with Crippen molar-refractivity contribution in [3.63, 3.8) is 0 Å². The van der Waals surface area contributed by atoms with Gasteiger partial charge in [0.1, 0.15) is 23.3 Å². The minimum Gasteiger partial charge on any atom is -0.472 e. The molecule has 1 fully saturated rings. The number of rotatable bonds is 9. The molecule has 1 atom stereocenters. The fourth-order valence-corrected chi connectivity index (χ4v) is 4.26. The summed E-state index contributed by atoms with van der Waals surface area (Å²) in [5.74, 6) is -0.453. The van der Waals surface area contributed by atoms with Crippen LogP contribution in [0.25, 0.3) is 5.69 Å². The van der Waals surface area contributed by atoms with E-state index in [2.05, 4.69) is 15.3 Å². The van der Waals surface area contributed by atoms with Crippen molar-refractivity contribution in [3.8, 4) is 11.6 Å². The third-order valence-electron chi connectivity index (χ3n) is 5.84. The fourth-order valence-electron chi connectivity index (χ4n) is 4.04. The summed E-state index contributed by atoms with van der Waals surface area (Å²) in [6.07, 6.45) is 0.951. The van der Waals surface area contributed by atoms with Crippen LogP contribution in [0.1, 0.15) is 31.7 Å². The van der Waals surface area contributed by atoms with E-state index in [4.69, 9.17) is 26.8 Å². The number of likely N-dealkylation sites (tertiary alicyclic amines) is 1. The first-order chi connectivity index (χ1) is 18.5. The standard InChI is InChI=1S/C14H17ClN4O3.C13H17F2NO/c1-14(2,21)8-22-12-10(15)11(17-13(16)20)19(18-12)9-6-4-3-5-7-9;1-17-5-4-16-3-2-10(9-16)11-6-12(14)8-13(15)7-11/h3-7,21H,8H2,1-2H3,(H3,16,17,20);6-8,10H,2-5,9H2,1H3. The molecule has 1 aromatic heterocycles. The molecular formula is C27H34ClF2N5O4. The number of hydrogen-bond donors (Lipinski definition) is 3. The van der Waals surface area contributed by atoms with Crippen LogP contribution in [0.3, 0.4) is 0 Å². The number of nitrogens with one attached hydrogen (secondary N) is 1. The van der Waals surface area contributed by atoms with E-state index in [9.17, 15) is 18.7 Å². The average molecular weight is 566 g/mol. The molecule has 2 heterocycles. The maximum absolute atomic E-state index is 13.1. The Bertz CT molecular complexity index is 1220. The summed E-state index contributed by atoms with van der Waals surface area (Å²) in [4.78, 5) is 13.4. The van der Waals surface area contributed by atoms with Crippen LogP contribution in [0.15, 0.2) is 48.5 Å². The predicted molar refractivity (Wildman–Crippen MR) is 146 cm³/mol. The molecule has 0 radical (unpaired) electrons. The quantitative estimate of drug-likeness (QED) is 0.350. The SMILES string of the molecule is CC(C)(O)COc1nn(-c2ccccc2)c(NC(N)=O)c1Cl.COCCN1CCC(c2cc(F)cc(F)c2)C1. The lowest BCUT2D eigenvalue weighted by molar-refractivity contribution is 0.0267. The highest BCUT2D eigenvalue weighted by Crippen LogP contribution is 2.34. The van der Waals surface area contributed by atoms with Crippen LogP contribution < -0.4 is 15.8 Å². The van der Waals surface area contributed by atoms with E-state index in [1.165, 1.54) is 16.8 Å². The zero-order chi connectivity index (χ0) is 28.6. The Morgan fingerprint density at radius 1 is 1.23 bits per heavy atom. The third kappa shape index (κ3) is 9.17. The van der Waals surface area contributed by atoms with Gasteiger partial charge in [0.05, 0.1) is 17.9 Å². The van der Waals surface area contributed by atoms with Gasteiger partial charge in [-0.15, -0.1) is 5.10 Å². The van der Waals surface area contributed by atoms with Crippen molar-refractivity contribution in [2.45, 2.75) is 31.8 Å². The average Bonchev–Trinajstić information content (AvgIpc) is 3.46. The number of halogens is 3. The maximum atomic E-state index is 13.1. The lowest BCUT2D eigenvalue weighted by atomic mass is 9.98. The van der Waals surface area contributed by atoms with Crippen molar-refractivity contribution < 1.29 is 28.2 Å². The Hall–Kier alpha value is -3.25. The van der Waals surface area contributed by atoms with Gasteiger partial charge in [0.25, 0.3) is 5.88 Å². The molecule has 1 unspecified atom stereocenters. The van der Waals surface area contributed by atoms with E-state index in [1.807, 2.05) is 18.2 Å². The van der Waals surface area contributed by atoms with E-state index in [0.29, 0.717) is 12.3 Å². The van der Waals surface area contributed by atoms with Gasteiger partial charge in [-0.1, -0.05) is 29.8 Å². The highest BCUT2D eigenvalue weighted by atomic mass is 35.5. The largest absolute Gasteiger partial charge is 0.472 e. The van der Waals surface area contributed by atoms with Crippen molar-refractivity contribution >= 4 is 23.4 Å². The van der Waals surface area contributed by atoms with Crippen LogP contribution in [0.4, 0.5) is 19.4 Å². The number of anilines is 1. The van der Waals surface area contributed by atoms with E-state index >= 15 is 0 Å². The molecule has 0 spiro atoms. The summed E-state index contributed by atoms with van der Waals surface area (Å²) in [5.41, 5.74) is 5.56. The van der Waals surface area contributed by atoms with Gasteiger partial charge in [-0.3, -0.25) is 5.32 Å². The topological polar surface area (TPSA) is 115 Å². The summed E-state index contributed by atoms with van der Waals surface area (Å²) >= 11 is 6.19. The number of aromatic nitrogens is 2. The van der Waals surface area contributed by atoms with Gasteiger partial charge in [-0.05, 0) is 62.6 Å². The van der Waals surface area contributed by atoms with Crippen molar-refractivity contribution in [1.82, 2.24) is 14.7 Å². The molecule has 0 bridgehead atoms. The summed E-state index contributed by atoms with van der Waals surface area (Å²) in [6, 6.07) is 12.1. The van der Waals surface area contributed by atoms with E-state index < -0.39 is 23.3 Å². The lowest BCUT2D eigenvalue weighted by Crippen LogP contribution is -2.28. The summed E-state index contributed by atoms with van der Waals surface area (Å²) in [6.45, 7) is 6.58. The zero-order valence-corrected chi connectivity index (χ0v) is 22.9. The molecule has 12 heteroatoms. The maximum Gasteiger partial charge on any atom is 0.317 e. The van der Waals surface area contributed by atoms with Crippen LogP contribution >= 0.6 is 11.6 Å². The van der Waals surface area contributed by atoms with Crippen LogP contribution in [0, 0.1) is 11.6 Å². The molecule has 4 N–H and O–H groups in total. The molecule has 1 aliphatic heterocycles. The summed E-state index contributed by atoms with van der Waals surface area (Å²) in [7, 11) is 1.68. The second kappa shape index (κ2) is 13.7. The molecule has 2 amide bonds. The molecule has 9 nitrogen and oxygen atoms in total. The van der Waals surface area contributed by atoms with E-state index in [1.54, 1.807) is 33.1 Å². The molecule has 1 saturated heterocycles. The molecule has 3 aromatic rings. The van der Waals surface area contributed by atoms with Gasteiger partial charge in [0.2, 0.25) is 0 Å². The molecule has 39 heavy (non-hydrogen) atoms. The van der Waals surface area contributed by atoms with Gasteiger partial charge in [-0.2, -0.15) is 0 Å². The second-order valence-corrected chi connectivity index (χ2v) is 10.2. The number of hydrogen-bond acceptors (Lipinski definition) is 6. The first-order valence-corrected chi connectivity index (χ1v) is 12.8. The number of nitrogens with zero attached hydrogens (tertiary/aromatic N) is 3. The van der Waals surface area contributed by atoms with E-state index in [0.717, 1.165) is 37.7 Å². The van der Waals surface area contributed by atoms with Crippen LogP contribution in [0.5, 0.6) is 5.88 Å². The van der Waals surface area contributed by atoms with Gasteiger partial charge < -0.3 is 25.2 Å². The van der Waals surface area contributed by atoms with Crippen LogP contribution in [-0.4, -0.2) is 71.4 Å². The zero-order valence-electron chi connectivity index (χ0n) is 22.2. The highest BCUT2D eigenvalue weighted by molar-refractivity contribution is 6.34. The van der Waals surface area contributed by atoms with Crippen molar-refractivity contribution in [1.29, 1.82) is 0 Å². The Kier molecular flexibility index (Phi) is 10.6. The van der Waals surface area contributed by atoms with Crippen LogP contribution in [0.2, 0.25) is 5.02 Å². The second-order valence-electron chi connectivity index (χ2n) is 9.79. The predicted octanol–water partition coefficient (Wildman–Crippen LogP) is 4.57. The monoisotopic (exact) mass is 565 g/mol. The third-order valence-corrected chi connectivity index (χ3v) is 6.18. The Balaban J connectivity index is 0.000000223. The summed E-state index contributed by atoms with van der Waals surface area (Å²) < 4.78 is 38.1. The number of amides is 2. The number of urea groups is 1. The Labute approximate surface area is 231 Å². The molecule has 2 aromatic carbocycles. The highest BCUT2D eigenvalue weighted by Gasteiger charge is 2.24. The number of methoxy groups -OCH3 is 1. The molecule has 0 aliphatic carbocycles. The minimum atomic E-state index is -1.04. The number of aliphatic hydroxyl groups is 1. The minimum absolute atomic E-state index is 0.00542. The molecule has 1 aliphatic rings. The number of nitrogens with two attached hydrogens (primary N) is 1. The Morgan fingerprint density at radius 3 is 2.49 bits per heavy atom. The first kappa shape index (κ1) is 30.3. The molecule has 0 saturated carbocycles. The Morgan fingerprint density at radius 2 is 1.90 bits per heavy atom. The van der Waals surface area contributed by atoms with Crippen molar-refractivity contribution in [2.75, 3.05) is 45.3 Å². The smallest absolute Gasteiger partial charge is 0.317 e. The van der Waals surface area contributed by atoms with Gasteiger partial charge in [-0.25, -0.2) is 18.3 Å². The van der Waals surface area contributed by atoms with Crippen molar-refractivity contribution in [3.05, 3.63) is 70.8 Å². The fraction of sp³-hybridized carbons (Fsp3) is 0.407. The first-order valence-electron chi connectivity index (χ1n) is 12.4. The summed E-state index contributed by atoms with van der Waals surface area (Å²) in [5, 5.41) is 16.5. The van der Waals surface area contributed by atoms with E-state index in [-0.39, 0.29) is 29.2 Å². The molecular weight excluding hydrogens is 532 g/mol. The van der Waals surface area contributed by atoms with Crippen molar-refractivity contribution in [2.24, 2.45) is 5.73 Å². The molecule has 4 rings (SSSR count). The number of carbonyl (C=O) groups excluding carboxylic acids is 1. The van der Waals surface area contributed by atoms with Gasteiger partial charge in [0, 0.05) is 26.3 Å². The number of benzene rings is 2. The number of primary amides is 1. The number of ether oxygens (including phenoxy) is 2. The van der Waals surface area contributed by atoms with Gasteiger partial charge in [0.15, 0.2) is 5.82 Å². The number of para-hydroxylation sites is 1. The normalized spacial score (nSPS) is 15.5. The molecule has 212 valence electrons. The van der Waals surface area contributed by atoms with Gasteiger partial charge >= 0.3 is 6.03 Å². The lowest BCUT2D eigenvalue weighted by Gasteiger charge is -2.16.